The summed E-state index contributed by atoms with van der Waals surface area (Å²) < 4.78 is 10.9. The average Bonchev–Trinajstić information content (AvgIpc) is 3.13. The van der Waals surface area contributed by atoms with Crippen molar-refractivity contribution in [3.63, 3.8) is 0 Å². The molecule has 1 saturated heterocycles. The fourth-order valence-electron chi connectivity index (χ4n) is 4.53. The number of rotatable bonds is 7. The van der Waals surface area contributed by atoms with E-state index in [1.807, 2.05) is 74.5 Å². The van der Waals surface area contributed by atoms with Gasteiger partial charge in [-0.15, -0.1) is 0 Å². The van der Waals surface area contributed by atoms with Crippen LogP contribution in [0, 0.1) is 0 Å². The van der Waals surface area contributed by atoms with Crippen LogP contribution < -0.4 is 9.47 Å². The Labute approximate surface area is 205 Å². The molecule has 1 atom stereocenters. The predicted molar refractivity (Wildman–Crippen MR) is 134 cm³/mol. The number of methoxy groups -OCH3 is 2. The van der Waals surface area contributed by atoms with Crippen LogP contribution in [0.4, 0.5) is 0 Å². The number of amides is 1. The zero-order chi connectivity index (χ0) is 25.1. The molecule has 1 amide bonds. The SMILES string of the molecule is COc1ccccc1CN1C(=O)C(=O)/C(=C(\O)c2ccc(OC)c(C(C)C)c2)C1c1ccccc1. The molecule has 1 fully saturated rings. The number of hydrogen-bond donors (Lipinski definition) is 1. The quantitative estimate of drug-likeness (QED) is 0.282. The maximum absolute atomic E-state index is 13.3. The lowest BCUT2D eigenvalue weighted by Gasteiger charge is -2.26. The number of para-hydroxylation sites is 1. The van der Waals surface area contributed by atoms with E-state index in [9.17, 15) is 14.7 Å². The Bertz CT molecular complexity index is 1280. The highest BCUT2D eigenvalue weighted by molar-refractivity contribution is 6.46. The van der Waals surface area contributed by atoms with Crippen LogP contribution in [-0.2, 0) is 16.1 Å². The third-order valence-electron chi connectivity index (χ3n) is 6.31. The summed E-state index contributed by atoms with van der Waals surface area (Å²) in [6.45, 7) is 4.21. The van der Waals surface area contributed by atoms with Crippen LogP contribution in [0.2, 0.25) is 0 Å². The molecule has 180 valence electrons. The Kier molecular flexibility index (Phi) is 6.92. The minimum absolute atomic E-state index is 0.0657. The van der Waals surface area contributed by atoms with Gasteiger partial charge in [-0.2, -0.15) is 0 Å². The number of likely N-dealkylation sites (tertiary alicyclic amines) is 1. The topological polar surface area (TPSA) is 76.1 Å². The highest BCUT2D eigenvalue weighted by Gasteiger charge is 2.46. The second-order valence-corrected chi connectivity index (χ2v) is 8.76. The number of aliphatic hydroxyl groups is 1. The van der Waals surface area contributed by atoms with Crippen molar-refractivity contribution in [2.75, 3.05) is 14.2 Å². The van der Waals surface area contributed by atoms with Gasteiger partial charge in [0, 0.05) is 11.1 Å². The molecule has 3 aromatic carbocycles. The Balaban J connectivity index is 1.87. The lowest BCUT2D eigenvalue weighted by Crippen LogP contribution is -2.29. The van der Waals surface area contributed by atoms with Crippen molar-refractivity contribution in [1.29, 1.82) is 0 Å². The summed E-state index contributed by atoms with van der Waals surface area (Å²) >= 11 is 0. The Morgan fingerprint density at radius 1 is 0.914 bits per heavy atom. The lowest BCUT2D eigenvalue weighted by molar-refractivity contribution is -0.140. The molecule has 1 aliphatic heterocycles. The van der Waals surface area contributed by atoms with Gasteiger partial charge in [0.1, 0.15) is 17.3 Å². The summed E-state index contributed by atoms with van der Waals surface area (Å²) in [5.74, 6) is -0.123. The largest absolute Gasteiger partial charge is 0.507 e. The fraction of sp³-hybridized carbons (Fsp3) is 0.241. The molecule has 1 N–H and O–H groups in total. The number of carbonyl (C=O) groups is 2. The van der Waals surface area contributed by atoms with Crippen LogP contribution in [0.15, 0.2) is 78.4 Å². The Morgan fingerprint density at radius 3 is 2.23 bits per heavy atom. The zero-order valence-electron chi connectivity index (χ0n) is 20.3. The van der Waals surface area contributed by atoms with E-state index in [0.29, 0.717) is 17.1 Å². The number of aliphatic hydroxyl groups excluding tert-OH is 1. The van der Waals surface area contributed by atoms with Crippen molar-refractivity contribution in [3.05, 3.63) is 101 Å². The molecular formula is C29H29NO5. The molecule has 0 bridgehead atoms. The number of ketones is 1. The molecule has 1 heterocycles. The normalized spacial score (nSPS) is 17.2. The Morgan fingerprint density at radius 2 is 1.57 bits per heavy atom. The van der Waals surface area contributed by atoms with Crippen LogP contribution in [0.3, 0.4) is 0 Å². The van der Waals surface area contributed by atoms with Crippen LogP contribution in [0.5, 0.6) is 11.5 Å². The summed E-state index contributed by atoms with van der Waals surface area (Å²) in [5.41, 5.74) is 2.93. The van der Waals surface area contributed by atoms with Crippen molar-refractivity contribution in [2.24, 2.45) is 0 Å². The number of ether oxygens (including phenoxy) is 2. The third kappa shape index (κ3) is 4.52. The molecule has 0 aromatic heterocycles. The highest BCUT2D eigenvalue weighted by atomic mass is 16.5. The van der Waals surface area contributed by atoms with Crippen molar-refractivity contribution in [2.45, 2.75) is 32.4 Å². The first-order chi connectivity index (χ1) is 16.9. The van der Waals surface area contributed by atoms with Crippen LogP contribution in [-0.4, -0.2) is 35.9 Å². The number of Topliss-reactive ketones (excluding diaryl/α,β-unsaturated/α-hetero) is 1. The number of nitrogens with zero attached hydrogens (tertiary/aromatic N) is 1. The molecule has 0 radical (unpaired) electrons. The van der Waals surface area contributed by atoms with Crippen LogP contribution in [0.1, 0.15) is 48.1 Å². The molecule has 6 nitrogen and oxygen atoms in total. The summed E-state index contributed by atoms with van der Waals surface area (Å²) in [6.07, 6.45) is 0. The van der Waals surface area contributed by atoms with E-state index < -0.39 is 17.7 Å². The molecule has 6 heteroatoms. The van der Waals surface area contributed by atoms with E-state index in [4.69, 9.17) is 9.47 Å². The zero-order valence-corrected chi connectivity index (χ0v) is 20.3. The lowest BCUT2D eigenvalue weighted by atomic mass is 9.93. The van der Waals surface area contributed by atoms with E-state index in [2.05, 4.69) is 0 Å². The van der Waals surface area contributed by atoms with Gasteiger partial charge in [0.05, 0.1) is 32.4 Å². The molecule has 0 spiro atoms. The molecule has 3 aromatic rings. The summed E-state index contributed by atoms with van der Waals surface area (Å²) in [6, 6.07) is 21.2. The minimum Gasteiger partial charge on any atom is -0.507 e. The first-order valence-electron chi connectivity index (χ1n) is 11.5. The molecule has 0 aliphatic carbocycles. The van der Waals surface area contributed by atoms with Gasteiger partial charge in [-0.3, -0.25) is 9.59 Å². The first-order valence-corrected chi connectivity index (χ1v) is 11.5. The van der Waals surface area contributed by atoms with Gasteiger partial charge in [-0.25, -0.2) is 0 Å². The minimum atomic E-state index is -0.745. The van der Waals surface area contributed by atoms with Gasteiger partial charge in [-0.1, -0.05) is 62.4 Å². The van der Waals surface area contributed by atoms with E-state index in [1.165, 1.54) is 4.90 Å². The number of hydrogen-bond acceptors (Lipinski definition) is 5. The van der Waals surface area contributed by atoms with Crippen molar-refractivity contribution in [1.82, 2.24) is 4.90 Å². The van der Waals surface area contributed by atoms with Crippen molar-refractivity contribution >= 4 is 17.4 Å². The van der Waals surface area contributed by atoms with Crippen LogP contribution >= 0.6 is 0 Å². The predicted octanol–water partition coefficient (Wildman–Crippen LogP) is 5.45. The van der Waals surface area contributed by atoms with Crippen molar-refractivity contribution in [3.8, 4) is 11.5 Å². The second-order valence-electron chi connectivity index (χ2n) is 8.76. The molecule has 4 rings (SSSR count). The summed E-state index contributed by atoms with van der Waals surface area (Å²) in [4.78, 5) is 28.1. The fourth-order valence-corrected chi connectivity index (χ4v) is 4.53. The van der Waals surface area contributed by atoms with E-state index in [0.717, 1.165) is 16.7 Å². The molecule has 1 aliphatic rings. The smallest absolute Gasteiger partial charge is 0.295 e. The maximum atomic E-state index is 13.3. The van der Waals surface area contributed by atoms with Gasteiger partial charge < -0.3 is 19.5 Å². The standard InChI is InChI=1S/C29H29NO5/c1-18(2)22-16-20(14-15-24(22)35-4)27(31)25-26(19-10-6-5-7-11-19)30(29(33)28(25)32)17-21-12-8-9-13-23(21)34-3/h5-16,18,26,31H,17H2,1-4H3/b27-25-. The molecule has 0 saturated carbocycles. The molecular weight excluding hydrogens is 442 g/mol. The van der Waals surface area contributed by atoms with E-state index in [-0.39, 0.29) is 23.8 Å². The monoisotopic (exact) mass is 471 g/mol. The molecule has 35 heavy (non-hydrogen) atoms. The van der Waals surface area contributed by atoms with Gasteiger partial charge in [0.15, 0.2) is 0 Å². The Hall–Kier alpha value is -4.06. The van der Waals surface area contributed by atoms with Gasteiger partial charge in [0.25, 0.3) is 11.7 Å². The van der Waals surface area contributed by atoms with Gasteiger partial charge in [-0.05, 0) is 41.3 Å². The summed E-state index contributed by atoms with van der Waals surface area (Å²) in [7, 11) is 3.16. The maximum Gasteiger partial charge on any atom is 0.295 e. The average molecular weight is 472 g/mol. The van der Waals surface area contributed by atoms with E-state index >= 15 is 0 Å². The second kappa shape index (κ2) is 10.1. The van der Waals surface area contributed by atoms with Crippen LogP contribution in [0.25, 0.3) is 5.76 Å². The van der Waals surface area contributed by atoms with Crippen molar-refractivity contribution < 1.29 is 24.2 Å². The first kappa shape index (κ1) is 24.1. The molecule has 1 unspecified atom stereocenters. The highest BCUT2D eigenvalue weighted by Crippen LogP contribution is 2.41. The number of carbonyl (C=O) groups excluding carboxylic acids is 2. The van der Waals surface area contributed by atoms with E-state index in [1.54, 1.807) is 26.4 Å². The van der Waals surface area contributed by atoms with Gasteiger partial charge >= 0.3 is 0 Å². The number of benzene rings is 3. The van der Waals surface area contributed by atoms with Gasteiger partial charge in [0.2, 0.25) is 0 Å². The summed E-state index contributed by atoms with van der Waals surface area (Å²) in [5, 5.41) is 11.4. The third-order valence-corrected chi connectivity index (χ3v) is 6.31.